The summed E-state index contributed by atoms with van der Waals surface area (Å²) >= 11 is 6.38. The van der Waals surface area contributed by atoms with Crippen molar-refractivity contribution in [2.75, 3.05) is 35.6 Å². The van der Waals surface area contributed by atoms with Crippen LogP contribution in [0, 0.1) is 11.7 Å². The molecule has 4 heterocycles. The quantitative estimate of drug-likeness (QED) is 0.232. The molecule has 2 aromatic carbocycles. The number of ether oxygens (including phenoxy) is 1. The van der Waals surface area contributed by atoms with E-state index < -0.39 is 0 Å². The maximum atomic E-state index is 13.1. The Morgan fingerprint density at radius 1 is 1.02 bits per heavy atom. The molecule has 0 saturated carbocycles. The summed E-state index contributed by atoms with van der Waals surface area (Å²) in [5.74, 6) is 1.94. The summed E-state index contributed by atoms with van der Waals surface area (Å²) in [6, 6.07) is 13.7. The van der Waals surface area contributed by atoms with Crippen molar-refractivity contribution in [2.24, 2.45) is 5.92 Å². The number of hydrogen-bond donors (Lipinski definition) is 3. The molecule has 6 rings (SSSR count). The van der Waals surface area contributed by atoms with Crippen LogP contribution in [0.25, 0.3) is 0 Å². The van der Waals surface area contributed by atoms with E-state index in [1.807, 2.05) is 29.3 Å². The number of urea groups is 1. The molecule has 2 aliphatic heterocycles. The van der Waals surface area contributed by atoms with E-state index in [2.05, 4.69) is 37.0 Å². The molecule has 4 aromatic rings. The van der Waals surface area contributed by atoms with Gasteiger partial charge in [-0.05, 0) is 97.7 Å². The maximum absolute atomic E-state index is 13.1. The van der Waals surface area contributed by atoms with Crippen molar-refractivity contribution in [3.05, 3.63) is 89.1 Å². The number of carbonyl (C=O) groups excluding carboxylic acids is 1. The normalized spacial score (nSPS) is 14.9. The van der Waals surface area contributed by atoms with Crippen molar-refractivity contribution < 1.29 is 13.9 Å². The highest BCUT2D eigenvalue weighted by Crippen LogP contribution is 2.31. The molecule has 42 heavy (non-hydrogen) atoms. The zero-order valence-electron chi connectivity index (χ0n) is 22.9. The first-order valence-electron chi connectivity index (χ1n) is 14.1. The van der Waals surface area contributed by atoms with Crippen LogP contribution >= 0.6 is 11.6 Å². The molecule has 1 fully saturated rings. The Kier molecular flexibility index (Phi) is 8.32. The Morgan fingerprint density at radius 2 is 1.86 bits per heavy atom. The predicted molar refractivity (Wildman–Crippen MR) is 162 cm³/mol. The van der Waals surface area contributed by atoms with Crippen molar-refractivity contribution in [2.45, 2.75) is 32.1 Å². The highest BCUT2D eigenvalue weighted by Gasteiger charge is 2.23. The standard InChI is InChI=1S/C31H31ClFN7O2/c32-27-19-35-30-37-26-15-21(17-34-18-26)1-2-22-16-25(36-29(27)39-30)7-8-28(22)42-14-11-20-9-12-40(13-10-20)31(41)38-24-5-3-23(33)4-6-24/h3-8,15-20H,1-2,9-14H2,(H,38,41)(H2,35,36,37,39). The molecule has 0 radical (unpaired) electrons. The van der Waals surface area contributed by atoms with E-state index in [0.29, 0.717) is 48.1 Å². The smallest absolute Gasteiger partial charge is 0.321 e. The lowest BCUT2D eigenvalue weighted by atomic mass is 9.94. The van der Waals surface area contributed by atoms with Gasteiger partial charge in [0.15, 0.2) is 5.82 Å². The summed E-state index contributed by atoms with van der Waals surface area (Å²) in [5.41, 5.74) is 4.43. The molecule has 0 spiro atoms. The van der Waals surface area contributed by atoms with E-state index in [1.54, 1.807) is 24.5 Å². The molecule has 0 aliphatic carbocycles. The molecule has 11 heteroatoms. The second-order valence-electron chi connectivity index (χ2n) is 10.5. The first-order valence-corrected chi connectivity index (χ1v) is 14.4. The van der Waals surface area contributed by atoms with Gasteiger partial charge in [0, 0.05) is 30.7 Å². The molecular weight excluding hydrogens is 557 g/mol. The van der Waals surface area contributed by atoms with Crippen molar-refractivity contribution in [3.8, 4) is 5.75 Å². The van der Waals surface area contributed by atoms with Crippen LogP contribution in [-0.4, -0.2) is 45.6 Å². The van der Waals surface area contributed by atoms with Crippen LogP contribution in [0.5, 0.6) is 5.75 Å². The number of amides is 2. The molecule has 6 bridgehead atoms. The second kappa shape index (κ2) is 12.6. The fraction of sp³-hybridized carbons (Fsp3) is 0.290. The van der Waals surface area contributed by atoms with Gasteiger partial charge >= 0.3 is 6.03 Å². The zero-order valence-corrected chi connectivity index (χ0v) is 23.7. The predicted octanol–water partition coefficient (Wildman–Crippen LogP) is 6.96. The van der Waals surface area contributed by atoms with Crippen LogP contribution < -0.4 is 20.7 Å². The molecule has 0 atom stereocenters. The maximum Gasteiger partial charge on any atom is 0.321 e. The molecule has 2 amide bonds. The van der Waals surface area contributed by atoms with E-state index in [0.717, 1.165) is 60.4 Å². The average molecular weight is 588 g/mol. The largest absolute Gasteiger partial charge is 0.493 e. The first-order chi connectivity index (χ1) is 20.5. The molecule has 1 saturated heterocycles. The number of hydrogen-bond acceptors (Lipinski definition) is 7. The number of halogens is 2. The van der Waals surface area contributed by atoms with Gasteiger partial charge in [-0.15, -0.1) is 0 Å². The lowest BCUT2D eigenvalue weighted by Crippen LogP contribution is -2.41. The SMILES string of the molecule is O=C(Nc1ccc(F)cc1)N1CCC(CCOc2ccc3cc2CCc2cncc(c2)Nc2ncc(Cl)c(n2)N3)CC1. The molecule has 0 unspecified atom stereocenters. The molecule has 2 aliphatic rings. The summed E-state index contributed by atoms with van der Waals surface area (Å²) in [4.78, 5) is 27.6. The van der Waals surface area contributed by atoms with Gasteiger partial charge in [-0.1, -0.05) is 11.6 Å². The Balaban J connectivity index is 1.07. The van der Waals surface area contributed by atoms with Crippen molar-refractivity contribution in [1.82, 2.24) is 19.9 Å². The van der Waals surface area contributed by atoms with Gasteiger partial charge in [-0.3, -0.25) is 4.98 Å². The number of carbonyl (C=O) groups is 1. The van der Waals surface area contributed by atoms with Crippen molar-refractivity contribution >= 4 is 46.5 Å². The van der Waals surface area contributed by atoms with E-state index in [4.69, 9.17) is 16.3 Å². The minimum absolute atomic E-state index is 0.152. The van der Waals surface area contributed by atoms with Gasteiger partial charge in [0.2, 0.25) is 5.95 Å². The topological polar surface area (TPSA) is 104 Å². The highest BCUT2D eigenvalue weighted by molar-refractivity contribution is 6.32. The fourth-order valence-corrected chi connectivity index (χ4v) is 5.38. The third-order valence-corrected chi connectivity index (χ3v) is 7.86. The Hall–Kier alpha value is -4.44. The van der Waals surface area contributed by atoms with Crippen LogP contribution in [0.3, 0.4) is 0 Å². The highest BCUT2D eigenvalue weighted by atomic mass is 35.5. The number of likely N-dealkylation sites (tertiary alicyclic amines) is 1. The zero-order chi connectivity index (χ0) is 28.9. The van der Waals surface area contributed by atoms with Crippen molar-refractivity contribution in [3.63, 3.8) is 0 Å². The Labute approximate surface area is 248 Å². The monoisotopic (exact) mass is 587 g/mol. The molecular formula is C31H31ClFN7O2. The van der Waals surface area contributed by atoms with Crippen LogP contribution in [-0.2, 0) is 12.8 Å². The van der Waals surface area contributed by atoms with Gasteiger partial charge < -0.3 is 25.6 Å². The Morgan fingerprint density at radius 3 is 2.69 bits per heavy atom. The lowest BCUT2D eigenvalue weighted by Gasteiger charge is -2.32. The van der Waals surface area contributed by atoms with E-state index in [9.17, 15) is 9.18 Å². The molecule has 216 valence electrons. The van der Waals surface area contributed by atoms with Crippen LogP contribution in [0.4, 0.5) is 38.0 Å². The number of aryl methyl sites for hydroxylation is 2. The van der Waals surface area contributed by atoms with Gasteiger partial charge in [0.25, 0.3) is 0 Å². The number of benzene rings is 2. The van der Waals surface area contributed by atoms with Gasteiger partial charge in [0.05, 0.1) is 24.7 Å². The summed E-state index contributed by atoms with van der Waals surface area (Å²) < 4.78 is 19.5. The number of anilines is 5. The number of nitrogens with one attached hydrogen (secondary N) is 3. The van der Waals surface area contributed by atoms with Gasteiger partial charge in [-0.2, -0.15) is 4.98 Å². The van der Waals surface area contributed by atoms with Gasteiger partial charge in [0.1, 0.15) is 16.6 Å². The van der Waals surface area contributed by atoms with Gasteiger partial charge in [-0.25, -0.2) is 14.2 Å². The number of piperidine rings is 1. The van der Waals surface area contributed by atoms with Crippen LogP contribution in [0.15, 0.2) is 67.1 Å². The summed E-state index contributed by atoms with van der Waals surface area (Å²) in [7, 11) is 0. The number of fused-ring (bicyclic) bond motifs is 6. The average Bonchev–Trinajstić information content (AvgIpc) is 3.00. The summed E-state index contributed by atoms with van der Waals surface area (Å²) in [6.07, 6.45) is 9.47. The molecule has 3 N–H and O–H groups in total. The number of pyridine rings is 1. The number of rotatable bonds is 5. The number of aromatic nitrogens is 3. The third-order valence-electron chi connectivity index (χ3n) is 7.58. The molecule has 9 nitrogen and oxygen atoms in total. The minimum Gasteiger partial charge on any atom is -0.493 e. The second-order valence-corrected chi connectivity index (χ2v) is 11.0. The van der Waals surface area contributed by atoms with Crippen LogP contribution in [0.2, 0.25) is 5.02 Å². The van der Waals surface area contributed by atoms with Crippen molar-refractivity contribution in [1.29, 1.82) is 0 Å². The molecule has 2 aromatic heterocycles. The van der Waals surface area contributed by atoms with E-state index in [-0.39, 0.29) is 11.8 Å². The number of nitrogens with zero attached hydrogens (tertiary/aromatic N) is 4. The van der Waals surface area contributed by atoms with Crippen LogP contribution in [0.1, 0.15) is 30.4 Å². The minimum atomic E-state index is -0.328. The lowest BCUT2D eigenvalue weighted by molar-refractivity contribution is 0.170. The summed E-state index contributed by atoms with van der Waals surface area (Å²) in [5, 5.41) is 9.78. The summed E-state index contributed by atoms with van der Waals surface area (Å²) in [6.45, 7) is 1.95. The fourth-order valence-electron chi connectivity index (χ4n) is 5.24. The first kappa shape index (κ1) is 27.7. The van der Waals surface area contributed by atoms with E-state index >= 15 is 0 Å². The van der Waals surface area contributed by atoms with E-state index in [1.165, 1.54) is 12.1 Å². The Bertz CT molecular complexity index is 1560. The third kappa shape index (κ3) is 6.88.